The standard InChI is InChI=1S/C22H36N4O2.HI/c1-18(2)17-28-13-7-11-24-22(23-3)25-15-20-14-21(27)26(16-20)12-10-19-8-5-4-6-9-19;/h4-6,8-9,18,20H,7,10-17H2,1-3H3,(H2,23,24,25);1H. The van der Waals surface area contributed by atoms with Crippen molar-refractivity contribution in [3.8, 4) is 0 Å². The SMILES string of the molecule is CN=C(NCCCOCC(C)C)NCC1CC(=O)N(CCc2ccccc2)C1.I. The number of amides is 1. The molecule has 2 rings (SSSR count). The maximum Gasteiger partial charge on any atom is 0.223 e. The molecule has 0 radical (unpaired) electrons. The van der Waals surface area contributed by atoms with Crippen molar-refractivity contribution in [1.29, 1.82) is 0 Å². The third-order valence-corrected chi connectivity index (χ3v) is 4.80. The third-order valence-electron chi connectivity index (χ3n) is 4.80. The lowest BCUT2D eigenvalue weighted by molar-refractivity contribution is -0.127. The lowest BCUT2D eigenvalue weighted by atomic mass is 10.1. The van der Waals surface area contributed by atoms with E-state index in [2.05, 4.69) is 41.6 Å². The van der Waals surface area contributed by atoms with Crippen LogP contribution in [0.2, 0.25) is 0 Å². The molecule has 0 aromatic heterocycles. The molecule has 2 N–H and O–H groups in total. The molecule has 1 amide bonds. The van der Waals surface area contributed by atoms with Gasteiger partial charge in [-0.15, -0.1) is 24.0 Å². The van der Waals surface area contributed by atoms with Crippen molar-refractivity contribution in [2.24, 2.45) is 16.8 Å². The van der Waals surface area contributed by atoms with Gasteiger partial charge in [-0.1, -0.05) is 44.2 Å². The van der Waals surface area contributed by atoms with Gasteiger partial charge in [-0.05, 0) is 24.3 Å². The van der Waals surface area contributed by atoms with Gasteiger partial charge in [0.25, 0.3) is 0 Å². The van der Waals surface area contributed by atoms with Crippen LogP contribution in [0.1, 0.15) is 32.3 Å². The number of aliphatic imine (C=N–C) groups is 1. The first-order chi connectivity index (χ1) is 13.6. The Balaban J connectivity index is 0.00000420. The lowest BCUT2D eigenvalue weighted by Crippen LogP contribution is -2.40. The molecule has 1 aliphatic heterocycles. The van der Waals surface area contributed by atoms with Crippen LogP contribution < -0.4 is 10.6 Å². The molecule has 1 fully saturated rings. The fourth-order valence-corrected chi connectivity index (χ4v) is 3.28. The zero-order chi connectivity index (χ0) is 20.2. The quantitative estimate of drug-likeness (QED) is 0.206. The fraction of sp³-hybridized carbons (Fsp3) is 0.636. The van der Waals surface area contributed by atoms with E-state index in [4.69, 9.17) is 4.74 Å². The highest BCUT2D eigenvalue weighted by Crippen LogP contribution is 2.17. The Morgan fingerprint density at radius 3 is 2.72 bits per heavy atom. The van der Waals surface area contributed by atoms with Crippen LogP contribution in [0, 0.1) is 11.8 Å². The summed E-state index contributed by atoms with van der Waals surface area (Å²) in [6, 6.07) is 10.3. The van der Waals surface area contributed by atoms with Gasteiger partial charge in [-0.25, -0.2) is 0 Å². The molecule has 0 bridgehead atoms. The molecule has 6 nitrogen and oxygen atoms in total. The number of hydrogen-bond donors (Lipinski definition) is 2. The molecule has 1 atom stereocenters. The van der Waals surface area contributed by atoms with Gasteiger partial charge in [0.15, 0.2) is 5.96 Å². The highest BCUT2D eigenvalue weighted by atomic mass is 127. The maximum absolute atomic E-state index is 12.3. The molecule has 1 aromatic carbocycles. The smallest absolute Gasteiger partial charge is 0.223 e. The number of hydrogen-bond acceptors (Lipinski definition) is 3. The fourth-order valence-electron chi connectivity index (χ4n) is 3.28. The predicted molar refractivity (Wildman–Crippen MR) is 130 cm³/mol. The minimum absolute atomic E-state index is 0. The van der Waals surface area contributed by atoms with E-state index < -0.39 is 0 Å². The summed E-state index contributed by atoms with van der Waals surface area (Å²) in [4.78, 5) is 18.5. The molecule has 1 aliphatic rings. The maximum atomic E-state index is 12.3. The Labute approximate surface area is 192 Å². The molecule has 1 aromatic rings. The summed E-state index contributed by atoms with van der Waals surface area (Å²) in [5.74, 6) is 1.95. The van der Waals surface area contributed by atoms with Crippen LogP contribution in [0.15, 0.2) is 35.3 Å². The van der Waals surface area contributed by atoms with Gasteiger partial charge in [0.1, 0.15) is 0 Å². The van der Waals surface area contributed by atoms with Crippen LogP contribution in [0.3, 0.4) is 0 Å². The van der Waals surface area contributed by atoms with Gasteiger partial charge in [-0.3, -0.25) is 9.79 Å². The number of nitrogens with zero attached hydrogens (tertiary/aromatic N) is 2. The van der Waals surface area contributed by atoms with Gasteiger partial charge >= 0.3 is 0 Å². The Bertz CT molecular complexity index is 610. The summed E-state index contributed by atoms with van der Waals surface area (Å²) in [7, 11) is 1.77. The van der Waals surface area contributed by atoms with Crippen LogP contribution in [0.25, 0.3) is 0 Å². The van der Waals surface area contributed by atoms with Crippen molar-refractivity contribution >= 4 is 35.8 Å². The number of benzene rings is 1. The zero-order valence-corrected chi connectivity index (χ0v) is 20.4. The molecular formula is C22H37IN4O2. The number of likely N-dealkylation sites (tertiary alicyclic amines) is 1. The van der Waals surface area contributed by atoms with Crippen LogP contribution in [0.4, 0.5) is 0 Å². The Morgan fingerprint density at radius 2 is 2.03 bits per heavy atom. The predicted octanol–water partition coefficient (Wildman–Crippen LogP) is 2.92. The highest BCUT2D eigenvalue weighted by Gasteiger charge is 2.29. The number of carbonyl (C=O) groups excluding carboxylic acids is 1. The van der Waals surface area contributed by atoms with E-state index in [1.54, 1.807) is 7.05 Å². The topological polar surface area (TPSA) is 66.0 Å². The molecule has 1 heterocycles. The van der Waals surface area contributed by atoms with Crippen molar-refractivity contribution in [1.82, 2.24) is 15.5 Å². The van der Waals surface area contributed by atoms with Crippen molar-refractivity contribution in [3.63, 3.8) is 0 Å². The van der Waals surface area contributed by atoms with E-state index in [0.29, 0.717) is 18.3 Å². The van der Waals surface area contributed by atoms with E-state index in [-0.39, 0.29) is 29.9 Å². The summed E-state index contributed by atoms with van der Waals surface area (Å²) in [6.07, 6.45) is 2.47. The van der Waals surface area contributed by atoms with E-state index in [1.807, 2.05) is 23.1 Å². The van der Waals surface area contributed by atoms with Gasteiger partial charge in [0, 0.05) is 58.8 Å². The van der Waals surface area contributed by atoms with Crippen LogP contribution in [-0.4, -0.2) is 63.2 Å². The summed E-state index contributed by atoms with van der Waals surface area (Å²) < 4.78 is 5.59. The summed E-state index contributed by atoms with van der Waals surface area (Å²) >= 11 is 0. The average molecular weight is 516 g/mol. The number of halogens is 1. The van der Waals surface area contributed by atoms with Crippen molar-refractivity contribution in [2.45, 2.75) is 33.1 Å². The second-order valence-electron chi connectivity index (χ2n) is 7.85. The van der Waals surface area contributed by atoms with Crippen molar-refractivity contribution in [3.05, 3.63) is 35.9 Å². The largest absolute Gasteiger partial charge is 0.381 e. The first-order valence-electron chi connectivity index (χ1n) is 10.4. The minimum Gasteiger partial charge on any atom is -0.381 e. The molecule has 0 saturated carbocycles. The number of nitrogens with one attached hydrogen (secondary N) is 2. The monoisotopic (exact) mass is 516 g/mol. The summed E-state index contributed by atoms with van der Waals surface area (Å²) in [6.45, 7) is 9.07. The van der Waals surface area contributed by atoms with Gasteiger partial charge in [-0.2, -0.15) is 0 Å². The van der Waals surface area contributed by atoms with Crippen molar-refractivity contribution in [2.75, 3.05) is 46.4 Å². The normalized spacial score (nSPS) is 16.8. The van der Waals surface area contributed by atoms with Gasteiger partial charge in [0.2, 0.25) is 5.91 Å². The molecule has 29 heavy (non-hydrogen) atoms. The summed E-state index contributed by atoms with van der Waals surface area (Å²) in [5.41, 5.74) is 1.28. The second kappa shape index (κ2) is 14.6. The average Bonchev–Trinajstić information content (AvgIpc) is 3.05. The number of guanidine groups is 1. The highest BCUT2D eigenvalue weighted by molar-refractivity contribution is 14.0. The van der Waals surface area contributed by atoms with Crippen LogP contribution in [0.5, 0.6) is 0 Å². The molecule has 0 aliphatic carbocycles. The molecule has 0 spiro atoms. The lowest BCUT2D eigenvalue weighted by Gasteiger charge is -2.18. The Kier molecular flexibility index (Phi) is 12.9. The Hall–Kier alpha value is -1.35. The molecule has 1 unspecified atom stereocenters. The number of carbonyl (C=O) groups is 1. The van der Waals surface area contributed by atoms with E-state index >= 15 is 0 Å². The number of rotatable bonds is 11. The first kappa shape index (κ1) is 25.7. The zero-order valence-electron chi connectivity index (χ0n) is 18.0. The van der Waals surface area contributed by atoms with E-state index in [9.17, 15) is 4.79 Å². The van der Waals surface area contributed by atoms with Gasteiger partial charge < -0.3 is 20.3 Å². The van der Waals surface area contributed by atoms with Crippen LogP contribution >= 0.6 is 24.0 Å². The number of ether oxygens (including phenoxy) is 1. The molecular weight excluding hydrogens is 479 g/mol. The first-order valence-corrected chi connectivity index (χ1v) is 10.4. The second-order valence-corrected chi connectivity index (χ2v) is 7.85. The molecule has 164 valence electrons. The Morgan fingerprint density at radius 1 is 1.28 bits per heavy atom. The van der Waals surface area contributed by atoms with Crippen LogP contribution in [-0.2, 0) is 16.0 Å². The van der Waals surface area contributed by atoms with Crippen molar-refractivity contribution < 1.29 is 9.53 Å². The van der Waals surface area contributed by atoms with Gasteiger partial charge in [0.05, 0.1) is 0 Å². The van der Waals surface area contributed by atoms with E-state index in [0.717, 1.165) is 58.2 Å². The third kappa shape index (κ3) is 10.3. The van der Waals surface area contributed by atoms with E-state index in [1.165, 1.54) is 5.56 Å². The molecule has 1 saturated heterocycles. The molecule has 7 heteroatoms. The minimum atomic E-state index is 0. The summed E-state index contributed by atoms with van der Waals surface area (Å²) in [5, 5.41) is 6.67.